The zero-order valence-electron chi connectivity index (χ0n) is 9.83. The summed E-state index contributed by atoms with van der Waals surface area (Å²) in [5.74, 6) is 0.761. The van der Waals surface area contributed by atoms with Gasteiger partial charge in [0, 0.05) is 24.8 Å². The summed E-state index contributed by atoms with van der Waals surface area (Å²) in [6, 6.07) is 4.04. The Hall–Kier alpha value is -0.800. The third kappa shape index (κ3) is 1.89. The molecule has 1 saturated carbocycles. The lowest BCUT2D eigenvalue weighted by Gasteiger charge is -2.51. The lowest BCUT2D eigenvalue weighted by atomic mass is 9.64. The molecule has 0 spiro atoms. The minimum atomic E-state index is 0.121. The number of hydrogen-bond donors (Lipinski definition) is 1. The van der Waals surface area contributed by atoms with Crippen molar-refractivity contribution in [1.82, 2.24) is 4.98 Å². The van der Waals surface area contributed by atoms with Gasteiger partial charge in [0.2, 0.25) is 0 Å². The van der Waals surface area contributed by atoms with E-state index < -0.39 is 0 Å². The molecule has 16 heavy (non-hydrogen) atoms. The van der Waals surface area contributed by atoms with Crippen molar-refractivity contribution in [3.05, 3.63) is 23.4 Å². The van der Waals surface area contributed by atoms with Crippen molar-refractivity contribution in [2.75, 3.05) is 12.4 Å². The van der Waals surface area contributed by atoms with Gasteiger partial charge < -0.3 is 10.1 Å². The Bertz CT molecular complexity index is 381. The Kier molecular flexibility index (Phi) is 3.08. The largest absolute Gasteiger partial charge is 0.381 e. The maximum absolute atomic E-state index is 6.06. The van der Waals surface area contributed by atoms with Crippen LogP contribution in [0.2, 0.25) is 5.02 Å². The maximum Gasteiger partial charge on any atom is 0.144 e. The average Bonchev–Trinajstić information content (AvgIpc) is 2.26. The zero-order chi connectivity index (χ0) is 11.8. The smallest absolute Gasteiger partial charge is 0.144 e. The van der Waals surface area contributed by atoms with Gasteiger partial charge >= 0.3 is 0 Å². The second kappa shape index (κ2) is 4.22. The number of aromatic nitrogens is 1. The van der Waals surface area contributed by atoms with E-state index in [9.17, 15) is 0 Å². The van der Waals surface area contributed by atoms with Crippen LogP contribution in [-0.4, -0.2) is 24.2 Å². The summed E-state index contributed by atoms with van der Waals surface area (Å²) in [7, 11) is 1.76. The van der Waals surface area contributed by atoms with Gasteiger partial charge in [0.25, 0.3) is 0 Å². The van der Waals surface area contributed by atoms with Crippen molar-refractivity contribution in [3.63, 3.8) is 0 Å². The van der Waals surface area contributed by atoms with Gasteiger partial charge in [0.15, 0.2) is 0 Å². The zero-order valence-corrected chi connectivity index (χ0v) is 10.6. The SMILES string of the molecule is COC1CC(Nc2ncccc2Cl)C1(C)C. The molecule has 3 nitrogen and oxygen atoms in total. The molecule has 0 bridgehead atoms. The second-order valence-corrected chi connectivity index (χ2v) is 5.22. The topological polar surface area (TPSA) is 34.1 Å². The summed E-state index contributed by atoms with van der Waals surface area (Å²) in [6.45, 7) is 4.39. The molecule has 0 amide bonds. The molecule has 4 heteroatoms. The van der Waals surface area contributed by atoms with Crippen LogP contribution >= 0.6 is 11.6 Å². The molecule has 1 aromatic heterocycles. The molecule has 1 heterocycles. The van der Waals surface area contributed by atoms with E-state index in [1.54, 1.807) is 13.3 Å². The van der Waals surface area contributed by atoms with E-state index >= 15 is 0 Å². The van der Waals surface area contributed by atoms with Gasteiger partial charge in [-0.15, -0.1) is 0 Å². The number of methoxy groups -OCH3 is 1. The number of pyridine rings is 1. The fraction of sp³-hybridized carbons (Fsp3) is 0.583. The van der Waals surface area contributed by atoms with Crippen LogP contribution in [-0.2, 0) is 4.74 Å². The molecule has 0 aliphatic heterocycles. The molecule has 88 valence electrons. The van der Waals surface area contributed by atoms with Crippen LogP contribution in [0.1, 0.15) is 20.3 Å². The molecular formula is C12H17ClN2O. The summed E-state index contributed by atoms with van der Waals surface area (Å²) in [5, 5.41) is 4.04. The number of halogens is 1. The maximum atomic E-state index is 6.06. The summed E-state index contributed by atoms with van der Waals surface area (Å²) in [5.41, 5.74) is 0.121. The molecule has 0 saturated heterocycles. The van der Waals surface area contributed by atoms with Crippen LogP contribution in [0.5, 0.6) is 0 Å². The quantitative estimate of drug-likeness (QED) is 0.882. The van der Waals surface area contributed by atoms with Crippen LogP contribution < -0.4 is 5.32 Å². The minimum absolute atomic E-state index is 0.121. The number of anilines is 1. The highest BCUT2D eigenvalue weighted by atomic mass is 35.5. The average molecular weight is 241 g/mol. The fourth-order valence-electron chi connectivity index (χ4n) is 2.19. The van der Waals surface area contributed by atoms with Crippen LogP contribution in [0.25, 0.3) is 0 Å². The Morgan fingerprint density at radius 2 is 2.31 bits per heavy atom. The number of hydrogen-bond acceptors (Lipinski definition) is 3. The van der Waals surface area contributed by atoms with Gasteiger partial charge in [0.05, 0.1) is 11.1 Å². The van der Waals surface area contributed by atoms with E-state index in [-0.39, 0.29) is 5.41 Å². The Balaban J connectivity index is 2.05. The first-order chi connectivity index (χ1) is 7.55. The lowest BCUT2D eigenvalue weighted by Crippen LogP contribution is -2.57. The molecule has 0 radical (unpaired) electrons. The van der Waals surface area contributed by atoms with Crippen molar-refractivity contribution < 1.29 is 4.74 Å². The molecule has 2 unspecified atom stereocenters. The Labute approximate surface area is 101 Å². The van der Waals surface area contributed by atoms with Crippen LogP contribution in [0.3, 0.4) is 0 Å². The van der Waals surface area contributed by atoms with E-state index in [1.807, 2.05) is 12.1 Å². The van der Waals surface area contributed by atoms with Crippen LogP contribution in [0.15, 0.2) is 18.3 Å². The third-order valence-electron chi connectivity index (χ3n) is 3.53. The molecule has 1 aliphatic carbocycles. The Morgan fingerprint density at radius 1 is 1.56 bits per heavy atom. The van der Waals surface area contributed by atoms with Crippen LogP contribution in [0, 0.1) is 5.41 Å². The predicted molar refractivity (Wildman–Crippen MR) is 65.9 cm³/mol. The first kappa shape index (κ1) is 11.7. The van der Waals surface area contributed by atoms with Gasteiger partial charge in [-0.05, 0) is 18.6 Å². The Morgan fingerprint density at radius 3 is 2.88 bits per heavy atom. The lowest BCUT2D eigenvalue weighted by molar-refractivity contribution is -0.0795. The van der Waals surface area contributed by atoms with Gasteiger partial charge in [-0.3, -0.25) is 0 Å². The van der Waals surface area contributed by atoms with Crippen molar-refractivity contribution in [3.8, 4) is 0 Å². The highest BCUT2D eigenvalue weighted by molar-refractivity contribution is 6.32. The molecular weight excluding hydrogens is 224 g/mol. The summed E-state index contributed by atoms with van der Waals surface area (Å²) in [4.78, 5) is 4.23. The van der Waals surface area contributed by atoms with Crippen molar-refractivity contribution in [1.29, 1.82) is 0 Å². The molecule has 1 aliphatic rings. The summed E-state index contributed by atoms with van der Waals surface area (Å²) < 4.78 is 5.41. The number of rotatable bonds is 3. The first-order valence-corrected chi connectivity index (χ1v) is 5.83. The molecule has 1 N–H and O–H groups in total. The first-order valence-electron chi connectivity index (χ1n) is 5.45. The molecule has 1 aromatic rings. The van der Waals surface area contributed by atoms with E-state index in [0.29, 0.717) is 17.2 Å². The fourth-order valence-corrected chi connectivity index (χ4v) is 2.36. The standard InChI is InChI=1S/C12H17ClN2O/c1-12(2)9(7-10(12)16-3)15-11-8(13)5-4-6-14-11/h4-6,9-10H,7H2,1-3H3,(H,14,15). The van der Waals surface area contributed by atoms with Crippen molar-refractivity contribution in [2.24, 2.45) is 5.41 Å². The number of nitrogens with zero attached hydrogens (tertiary/aromatic N) is 1. The molecule has 2 rings (SSSR count). The number of nitrogens with one attached hydrogen (secondary N) is 1. The van der Waals surface area contributed by atoms with Crippen LogP contribution in [0.4, 0.5) is 5.82 Å². The van der Waals surface area contributed by atoms with Gasteiger partial charge in [0.1, 0.15) is 5.82 Å². The van der Waals surface area contributed by atoms with E-state index in [1.165, 1.54) is 0 Å². The minimum Gasteiger partial charge on any atom is -0.381 e. The molecule has 0 aromatic carbocycles. The van der Waals surface area contributed by atoms with Gasteiger partial charge in [-0.2, -0.15) is 0 Å². The summed E-state index contributed by atoms with van der Waals surface area (Å²) >= 11 is 6.06. The van der Waals surface area contributed by atoms with Crippen molar-refractivity contribution in [2.45, 2.75) is 32.4 Å². The predicted octanol–water partition coefficient (Wildman–Crippen LogP) is 2.96. The van der Waals surface area contributed by atoms with E-state index in [2.05, 4.69) is 24.1 Å². The van der Waals surface area contributed by atoms with E-state index in [0.717, 1.165) is 12.2 Å². The second-order valence-electron chi connectivity index (χ2n) is 4.81. The summed E-state index contributed by atoms with van der Waals surface area (Å²) in [6.07, 6.45) is 3.05. The van der Waals surface area contributed by atoms with Gasteiger partial charge in [-0.1, -0.05) is 25.4 Å². The highest BCUT2D eigenvalue weighted by Crippen LogP contribution is 2.44. The molecule has 2 atom stereocenters. The monoisotopic (exact) mass is 240 g/mol. The number of ether oxygens (including phenoxy) is 1. The highest BCUT2D eigenvalue weighted by Gasteiger charge is 2.48. The normalized spacial score (nSPS) is 27.2. The van der Waals surface area contributed by atoms with E-state index in [4.69, 9.17) is 16.3 Å². The van der Waals surface area contributed by atoms with Gasteiger partial charge in [-0.25, -0.2) is 4.98 Å². The third-order valence-corrected chi connectivity index (χ3v) is 3.84. The molecule has 1 fully saturated rings. The van der Waals surface area contributed by atoms with Crippen molar-refractivity contribution >= 4 is 17.4 Å².